The SMILES string of the molecule is CNc1cccc(Cn2ncc3c4ccc(Oc5cccc(N)c5)cc4n(C)c3c2=O)c1C=N. The molecule has 0 fully saturated rings. The van der Waals surface area contributed by atoms with Crippen molar-refractivity contribution in [2.45, 2.75) is 6.54 Å². The van der Waals surface area contributed by atoms with E-state index in [0.29, 0.717) is 22.7 Å². The minimum Gasteiger partial charge on any atom is -0.457 e. The van der Waals surface area contributed by atoms with Crippen LogP contribution in [-0.4, -0.2) is 27.6 Å². The number of rotatable bonds is 6. The van der Waals surface area contributed by atoms with Gasteiger partial charge in [0.05, 0.1) is 18.3 Å². The fourth-order valence-electron chi connectivity index (χ4n) is 4.33. The topological polar surface area (TPSA) is 111 Å². The molecule has 0 aliphatic rings. The quantitative estimate of drug-likeness (QED) is 0.262. The molecule has 0 aliphatic carbocycles. The lowest BCUT2D eigenvalue weighted by Crippen LogP contribution is -2.25. The van der Waals surface area contributed by atoms with Gasteiger partial charge in [0.2, 0.25) is 0 Å². The van der Waals surface area contributed by atoms with Gasteiger partial charge in [-0.3, -0.25) is 4.79 Å². The predicted octanol–water partition coefficient (Wildman–Crippen LogP) is 4.35. The molecule has 0 unspecified atom stereocenters. The van der Waals surface area contributed by atoms with Crippen molar-refractivity contribution in [3.8, 4) is 11.5 Å². The van der Waals surface area contributed by atoms with Crippen molar-refractivity contribution in [1.29, 1.82) is 5.41 Å². The molecule has 4 N–H and O–H groups in total. The molecular formula is C26H24N6O2. The van der Waals surface area contributed by atoms with E-state index >= 15 is 0 Å². The summed E-state index contributed by atoms with van der Waals surface area (Å²) in [7, 11) is 3.67. The molecule has 0 amide bonds. The number of aryl methyl sites for hydroxylation is 1. The van der Waals surface area contributed by atoms with Crippen LogP contribution in [0.15, 0.2) is 71.7 Å². The van der Waals surface area contributed by atoms with Gasteiger partial charge in [-0.15, -0.1) is 0 Å². The van der Waals surface area contributed by atoms with Crippen LogP contribution < -0.4 is 21.3 Å². The Morgan fingerprint density at radius 2 is 1.88 bits per heavy atom. The third-order valence-electron chi connectivity index (χ3n) is 6.00. The van der Waals surface area contributed by atoms with Gasteiger partial charge in [-0.2, -0.15) is 5.10 Å². The summed E-state index contributed by atoms with van der Waals surface area (Å²) < 4.78 is 9.29. The minimum absolute atomic E-state index is 0.194. The van der Waals surface area contributed by atoms with Crippen molar-refractivity contribution in [2.75, 3.05) is 18.1 Å². The first-order chi connectivity index (χ1) is 16.5. The van der Waals surface area contributed by atoms with Crippen LogP contribution in [0.4, 0.5) is 11.4 Å². The van der Waals surface area contributed by atoms with Gasteiger partial charge >= 0.3 is 0 Å². The largest absolute Gasteiger partial charge is 0.457 e. The Labute approximate surface area is 195 Å². The fraction of sp³-hybridized carbons (Fsp3) is 0.115. The summed E-state index contributed by atoms with van der Waals surface area (Å²) in [5, 5.41) is 17.0. The molecule has 0 spiro atoms. The summed E-state index contributed by atoms with van der Waals surface area (Å²) in [5.41, 5.74) is 10.1. The van der Waals surface area contributed by atoms with Crippen LogP contribution >= 0.6 is 0 Å². The Hall–Kier alpha value is -4.59. The van der Waals surface area contributed by atoms with Gasteiger partial charge in [0, 0.05) is 60.2 Å². The highest BCUT2D eigenvalue weighted by Crippen LogP contribution is 2.31. The summed E-state index contributed by atoms with van der Waals surface area (Å²) in [6.45, 7) is 0.264. The number of aromatic nitrogens is 3. The molecule has 0 saturated carbocycles. The van der Waals surface area contributed by atoms with E-state index in [0.717, 1.165) is 33.1 Å². The van der Waals surface area contributed by atoms with Gasteiger partial charge in [-0.25, -0.2) is 4.68 Å². The summed E-state index contributed by atoms with van der Waals surface area (Å²) in [6.07, 6.45) is 3.02. The standard InChI is InChI=1S/C26H24N6O2/c1-29-23-8-3-5-16(21(23)13-27)15-32-26(33)25-22(14-30-32)20-10-9-19(12-24(20)31(25)2)34-18-7-4-6-17(28)11-18/h3-14,27,29H,15,28H2,1-2H3. The Kier molecular flexibility index (Phi) is 5.25. The molecule has 3 aromatic carbocycles. The van der Waals surface area contributed by atoms with Gasteiger partial charge in [0.1, 0.15) is 17.0 Å². The second-order valence-electron chi connectivity index (χ2n) is 8.05. The van der Waals surface area contributed by atoms with Gasteiger partial charge in [-0.1, -0.05) is 18.2 Å². The maximum absolute atomic E-state index is 13.5. The summed E-state index contributed by atoms with van der Waals surface area (Å²) in [6, 6.07) is 18.7. The molecular weight excluding hydrogens is 428 g/mol. The number of fused-ring (bicyclic) bond motifs is 3. The van der Waals surface area contributed by atoms with Crippen molar-refractivity contribution in [3.05, 3.63) is 88.3 Å². The highest BCUT2D eigenvalue weighted by Gasteiger charge is 2.16. The Bertz CT molecular complexity index is 1620. The number of hydrogen-bond acceptors (Lipinski definition) is 6. The number of ether oxygens (including phenoxy) is 1. The monoisotopic (exact) mass is 452 g/mol. The van der Waals surface area contributed by atoms with E-state index in [1.54, 1.807) is 18.3 Å². The molecule has 8 heteroatoms. The third-order valence-corrected chi connectivity index (χ3v) is 6.00. The summed E-state index contributed by atoms with van der Waals surface area (Å²) >= 11 is 0. The number of nitrogens with two attached hydrogens (primary N) is 1. The number of hydrogen-bond donors (Lipinski definition) is 3. The Morgan fingerprint density at radius 1 is 1.09 bits per heavy atom. The average Bonchev–Trinajstić information content (AvgIpc) is 3.12. The van der Waals surface area contributed by atoms with E-state index < -0.39 is 0 Å². The molecule has 0 aliphatic heterocycles. The van der Waals surface area contributed by atoms with Crippen LogP contribution in [0.5, 0.6) is 11.5 Å². The minimum atomic E-state index is -0.194. The average molecular weight is 453 g/mol. The van der Waals surface area contributed by atoms with E-state index in [4.69, 9.17) is 15.9 Å². The molecule has 0 saturated heterocycles. The number of nitrogens with one attached hydrogen (secondary N) is 2. The van der Waals surface area contributed by atoms with E-state index in [1.807, 2.05) is 67.2 Å². The summed E-state index contributed by atoms with van der Waals surface area (Å²) in [5.74, 6) is 1.30. The van der Waals surface area contributed by atoms with E-state index in [2.05, 4.69) is 10.4 Å². The molecule has 2 heterocycles. The van der Waals surface area contributed by atoms with Crippen molar-refractivity contribution in [3.63, 3.8) is 0 Å². The molecule has 34 heavy (non-hydrogen) atoms. The van der Waals surface area contributed by atoms with E-state index in [-0.39, 0.29) is 12.1 Å². The molecule has 0 bridgehead atoms. The first-order valence-corrected chi connectivity index (χ1v) is 10.8. The smallest absolute Gasteiger partial charge is 0.291 e. The maximum atomic E-state index is 13.5. The first-order valence-electron chi connectivity index (χ1n) is 10.8. The number of anilines is 2. The molecule has 5 aromatic rings. The van der Waals surface area contributed by atoms with Crippen LogP contribution in [-0.2, 0) is 13.6 Å². The zero-order chi connectivity index (χ0) is 23.8. The zero-order valence-electron chi connectivity index (χ0n) is 18.9. The second-order valence-corrected chi connectivity index (χ2v) is 8.05. The Morgan fingerprint density at radius 3 is 2.65 bits per heavy atom. The second kappa shape index (κ2) is 8.40. The lowest BCUT2D eigenvalue weighted by Gasteiger charge is -2.12. The maximum Gasteiger partial charge on any atom is 0.291 e. The van der Waals surface area contributed by atoms with Gasteiger partial charge in [0.25, 0.3) is 5.56 Å². The normalized spacial score (nSPS) is 11.1. The zero-order valence-corrected chi connectivity index (χ0v) is 18.9. The summed E-state index contributed by atoms with van der Waals surface area (Å²) in [4.78, 5) is 13.5. The lowest BCUT2D eigenvalue weighted by atomic mass is 10.1. The van der Waals surface area contributed by atoms with E-state index in [1.165, 1.54) is 10.9 Å². The lowest BCUT2D eigenvalue weighted by molar-refractivity contribution is 0.483. The molecule has 8 nitrogen and oxygen atoms in total. The predicted molar refractivity (Wildman–Crippen MR) is 136 cm³/mol. The molecule has 170 valence electrons. The molecule has 0 radical (unpaired) electrons. The van der Waals surface area contributed by atoms with Crippen LogP contribution in [0.3, 0.4) is 0 Å². The highest BCUT2D eigenvalue weighted by atomic mass is 16.5. The third kappa shape index (κ3) is 3.55. The van der Waals surface area contributed by atoms with Crippen molar-refractivity contribution in [2.24, 2.45) is 7.05 Å². The van der Waals surface area contributed by atoms with Crippen molar-refractivity contribution in [1.82, 2.24) is 14.3 Å². The van der Waals surface area contributed by atoms with Crippen LogP contribution in [0.1, 0.15) is 11.1 Å². The van der Waals surface area contributed by atoms with Gasteiger partial charge in [-0.05, 0) is 35.9 Å². The van der Waals surface area contributed by atoms with Crippen LogP contribution in [0.2, 0.25) is 0 Å². The highest BCUT2D eigenvalue weighted by molar-refractivity contribution is 6.07. The molecule has 0 atom stereocenters. The number of nitrogen functional groups attached to an aromatic ring is 1. The molecule has 5 rings (SSSR count). The van der Waals surface area contributed by atoms with Crippen LogP contribution in [0, 0.1) is 5.41 Å². The fourth-order valence-corrected chi connectivity index (χ4v) is 4.33. The van der Waals surface area contributed by atoms with Crippen molar-refractivity contribution >= 4 is 39.4 Å². The molecule has 2 aromatic heterocycles. The Balaban J connectivity index is 1.58. The first kappa shape index (κ1) is 21.3. The van der Waals surface area contributed by atoms with Gasteiger partial charge in [0.15, 0.2) is 0 Å². The number of nitrogens with zero attached hydrogens (tertiary/aromatic N) is 3. The van der Waals surface area contributed by atoms with E-state index in [9.17, 15) is 4.79 Å². The number of benzene rings is 3. The van der Waals surface area contributed by atoms with Crippen molar-refractivity contribution < 1.29 is 4.74 Å². The van der Waals surface area contributed by atoms with Crippen LogP contribution in [0.25, 0.3) is 21.8 Å². The van der Waals surface area contributed by atoms with Gasteiger partial charge < -0.3 is 25.8 Å².